The Balaban J connectivity index is 1.68. The van der Waals surface area contributed by atoms with Gasteiger partial charge in [0.2, 0.25) is 11.7 Å². The number of ether oxygens (including phenoxy) is 2. The normalized spacial score (nSPS) is 15.4. The fourth-order valence-electron chi connectivity index (χ4n) is 3.12. The highest BCUT2D eigenvalue weighted by Gasteiger charge is 2.23. The van der Waals surface area contributed by atoms with Crippen LogP contribution < -0.4 is 21.3 Å². The van der Waals surface area contributed by atoms with E-state index in [2.05, 4.69) is 15.3 Å². The maximum Gasteiger partial charge on any atom is 0.410 e. The average molecular weight is 516 g/mol. The van der Waals surface area contributed by atoms with E-state index < -0.39 is 23.2 Å². The second-order valence-electron chi connectivity index (χ2n) is 6.78. The quantitative estimate of drug-likeness (QED) is 0.463. The first-order chi connectivity index (χ1) is 15.7. The van der Waals surface area contributed by atoms with Crippen LogP contribution in [0.4, 0.5) is 10.6 Å². The van der Waals surface area contributed by atoms with E-state index in [-0.39, 0.29) is 38.4 Å². The zero-order valence-corrected chi connectivity index (χ0v) is 18.6. The molecule has 33 heavy (non-hydrogen) atoms. The number of H-pyrrole nitrogens is 1. The number of hydrogen-bond acceptors (Lipinski definition) is 8. The van der Waals surface area contributed by atoms with Gasteiger partial charge in [-0.2, -0.15) is 4.68 Å². The van der Waals surface area contributed by atoms with Gasteiger partial charge in [-0.1, -0.05) is 34.8 Å². The van der Waals surface area contributed by atoms with Gasteiger partial charge in [0, 0.05) is 24.2 Å². The largest absolute Gasteiger partial charge is 0.465 e. The third kappa shape index (κ3) is 4.93. The van der Waals surface area contributed by atoms with Crippen molar-refractivity contribution in [3.05, 3.63) is 59.8 Å². The Hall–Kier alpha value is -3.19. The van der Waals surface area contributed by atoms with Crippen molar-refractivity contribution in [2.24, 2.45) is 0 Å². The first-order valence-electron chi connectivity index (χ1n) is 9.24. The van der Waals surface area contributed by atoms with Crippen molar-refractivity contribution in [2.75, 3.05) is 18.5 Å². The van der Waals surface area contributed by atoms with Crippen LogP contribution in [0.15, 0.2) is 27.8 Å². The van der Waals surface area contributed by atoms with E-state index in [0.29, 0.717) is 23.5 Å². The summed E-state index contributed by atoms with van der Waals surface area (Å²) in [6, 6.07) is 4.19. The van der Waals surface area contributed by atoms with E-state index in [1.165, 1.54) is 12.1 Å². The molecule has 1 aliphatic rings. The minimum atomic E-state index is -1.54. The number of nitrogens with zero attached hydrogens (tertiary/aromatic N) is 4. The molecule has 1 amide bonds. The number of benzene rings is 1. The predicted molar refractivity (Wildman–Crippen MR) is 117 cm³/mol. The Labute approximate surface area is 199 Å². The molecule has 1 unspecified atom stereocenters. The molecule has 2 aromatic heterocycles. The SMILES string of the molecule is O=C(O)Nc1nn(-c2cc(Cl)c(Oc3cc(C4CCOC4)c(Cl)nn3)c(Cl)c2)c(=O)[nH]c1=O. The molecule has 0 bridgehead atoms. The molecule has 12 nitrogen and oxygen atoms in total. The monoisotopic (exact) mass is 514 g/mol. The van der Waals surface area contributed by atoms with Crippen LogP contribution in [0.2, 0.25) is 15.2 Å². The summed E-state index contributed by atoms with van der Waals surface area (Å²) >= 11 is 18.8. The number of anilines is 1. The van der Waals surface area contributed by atoms with Gasteiger partial charge >= 0.3 is 11.8 Å². The molecule has 3 heterocycles. The highest BCUT2D eigenvalue weighted by Crippen LogP contribution is 2.39. The number of nitrogens with one attached hydrogen (secondary N) is 2. The Morgan fingerprint density at radius 3 is 2.58 bits per heavy atom. The van der Waals surface area contributed by atoms with Crippen LogP contribution in [0.1, 0.15) is 17.9 Å². The number of carboxylic acid groups (broad SMARTS) is 1. The maximum absolute atomic E-state index is 12.2. The van der Waals surface area contributed by atoms with Crippen molar-refractivity contribution < 1.29 is 19.4 Å². The van der Waals surface area contributed by atoms with Crippen LogP contribution in [0.3, 0.4) is 0 Å². The lowest BCUT2D eigenvalue weighted by Gasteiger charge is -2.14. The van der Waals surface area contributed by atoms with Gasteiger partial charge in [-0.15, -0.1) is 15.3 Å². The minimum absolute atomic E-state index is 0.0207. The number of aromatic nitrogens is 5. The highest BCUT2D eigenvalue weighted by atomic mass is 35.5. The van der Waals surface area contributed by atoms with Crippen molar-refractivity contribution in [3.8, 4) is 17.3 Å². The standard InChI is InChI=1S/C18H13Cl3N6O6/c19-10-3-8(27-17(29)23-16(28)15(26-27)22-18(30)31)4-11(20)13(10)33-12-5-9(14(21)25-24-12)7-1-2-32-6-7/h3-5,7H,1-2,6H2,(H,22,26)(H,30,31)(H,23,28,29). The Morgan fingerprint density at radius 1 is 1.21 bits per heavy atom. The number of amides is 1. The van der Waals surface area contributed by atoms with Crippen LogP contribution in [-0.2, 0) is 4.74 Å². The maximum atomic E-state index is 12.2. The molecule has 1 fully saturated rings. The summed E-state index contributed by atoms with van der Waals surface area (Å²) in [6.07, 6.45) is -0.758. The summed E-state index contributed by atoms with van der Waals surface area (Å²) in [4.78, 5) is 36.7. The average Bonchev–Trinajstić information content (AvgIpc) is 3.28. The summed E-state index contributed by atoms with van der Waals surface area (Å²) in [5.41, 5.74) is -1.20. The molecule has 15 heteroatoms. The molecule has 1 atom stereocenters. The molecule has 0 radical (unpaired) electrons. The molecule has 0 saturated carbocycles. The van der Waals surface area contributed by atoms with Crippen LogP contribution in [0.25, 0.3) is 5.69 Å². The zero-order chi connectivity index (χ0) is 23.7. The Morgan fingerprint density at radius 2 is 1.94 bits per heavy atom. The van der Waals surface area contributed by atoms with Crippen molar-refractivity contribution in [2.45, 2.75) is 12.3 Å². The molecule has 0 aliphatic carbocycles. The minimum Gasteiger partial charge on any atom is -0.465 e. The molecule has 3 N–H and O–H groups in total. The molecule has 0 spiro atoms. The molecule has 4 rings (SSSR count). The molecule has 172 valence electrons. The lowest BCUT2D eigenvalue weighted by atomic mass is 10.0. The fraction of sp³-hybridized carbons (Fsp3) is 0.222. The number of carbonyl (C=O) groups is 1. The summed E-state index contributed by atoms with van der Waals surface area (Å²) in [6.45, 7) is 1.11. The van der Waals surface area contributed by atoms with Gasteiger partial charge in [0.15, 0.2) is 10.9 Å². The molecular formula is C18H13Cl3N6O6. The number of halogens is 3. The predicted octanol–water partition coefficient (Wildman–Crippen LogP) is 3.06. The van der Waals surface area contributed by atoms with E-state index >= 15 is 0 Å². The summed E-state index contributed by atoms with van der Waals surface area (Å²) in [5, 5.41) is 22.3. The highest BCUT2D eigenvalue weighted by molar-refractivity contribution is 6.37. The smallest absolute Gasteiger partial charge is 0.410 e. The topological polar surface area (TPSA) is 161 Å². The van der Waals surface area contributed by atoms with Crippen molar-refractivity contribution in [1.29, 1.82) is 0 Å². The van der Waals surface area contributed by atoms with Crippen LogP contribution >= 0.6 is 34.8 Å². The van der Waals surface area contributed by atoms with E-state index in [1.807, 2.05) is 4.98 Å². The number of rotatable bonds is 5. The Kier molecular flexibility index (Phi) is 6.51. The van der Waals surface area contributed by atoms with Gasteiger partial charge in [0.05, 0.1) is 22.3 Å². The number of hydrogen-bond donors (Lipinski definition) is 3. The third-order valence-corrected chi connectivity index (χ3v) is 5.47. The van der Waals surface area contributed by atoms with Crippen molar-refractivity contribution in [3.63, 3.8) is 0 Å². The van der Waals surface area contributed by atoms with Crippen molar-refractivity contribution >= 4 is 46.7 Å². The molecule has 1 saturated heterocycles. The van der Waals surface area contributed by atoms with E-state index in [4.69, 9.17) is 49.4 Å². The van der Waals surface area contributed by atoms with Crippen LogP contribution in [-0.4, -0.2) is 49.4 Å². The summed E-state index contributed by atoms with van der Waals surface area (Å²) < 4.78 is 11.8. The van der Waals surface area contributed by atoms with E-state index in [0.717, 1.165) is 6.42 Å². The summed E-state index contributed by atoms with van der Waals surface area (Å²) in [5.74, 6) is -0.455. The summed E-state index contributed by atoms with van der Waals surface area (Å²) in [7, 11) is 0. The van der Waals surface area contributed by atoms with Gasteiger partial charge in [-0.25, -0.2) is 9.59 Å². The van der Waals surface area contributed by atoms with Gasteiger partial charge < -0.3 is 14.6 Å². The van der Waals surface area contributed by atoms with Gasteiger partial charge in [0.25, 0.3) is 5.56 Å². The Bertz CT molecular complexity index is 1330. The second kappa shape index (κ2) is 9.35. The van der Waals surface area contributed by atoms with Crippen molar-refractivity contribution in [1.82, 2.24) is 25.0 Å². The molecule has 1 aliphatic heterocycles. The second-order valence-corrected chi connectivity index (χ2v) is 7.95. The van der Waals surface area contributed by atoms with Crippen LogP contribution in [0, 0.1) is 0 Å². The first kappa shape index (κ1) is 23.0. The van der Waals surface area contributed by atoms with E-state index in [1.54, 1.807) is 11.4 Å². The molecule has 1 aromatic carbocycles. The third-order valence-electron chi connectivity index (χ3n) is 4.61. The lowest BCUT2D eigenvalue weighted by Crippen LogP contribution is -2.34. The van der Waals surface area contributed by atoms with Gasteiger partial charge in [0.1, 0.15) is 0 Å². The van der Waals surface area contributed by atoms with Crippen LogP contribution in [0.5, 0.6) is 11.6 Å². The lowest BCUT2D eigenvalue weighted by molar-refractivity contribution is 0.194. The molecular weight excluding hydrogens is 503 g/mol. The molecule has 3 aromatic rings. The first-order valence-corrected chi connectivity index (χ1v) is 10.4. The zero-order valence-electron chi connectivity index (χ0n) is 16.3. The fourth-order valence-corrected chi connectivity index (χ4v) is 3.92. The van der Waals surface area contributed by atoms with Gasteiger partial charge in [-0.05, 0) is 18.6 Å². The van der Waals surface area contributed by atoms with Gasteiger partial charge in [-0.3, -0.25) is 15.1 Å². The number of aromatic amines is 1. The van der Waals surface area contributed by atoms with E-state index in [9.17, 15) is 14.4 Å².